The molecule has 1 amide bonds. The van der Waals surface area contributed by atoms with Gasteiger partial charge in [-0.25, -0.2) is 15.0 Å². The van der Waals surface area contributed by atoms with Crippen molar-refractivity contribution >= 4 is 44.2 Å². The second-order valence-electron chi connectivity index (χ2n) is 6.41. The molecule has 0 fully saturated rings. The number of carbonyl (C=O) groups is 1. The Bertz CT molecular complexity index is 1080. The van der Waals surface area contributed by atoms with E-state index in [0.29, 0.717) is 17.0 Å². The number of pyridine rings is 1. The van der Waals surface area contributed by atoms with Crippen molar-refractivity contribution in [2.24, 2.45) is 0 Å². The molecule has 3 rings (SSSR count). The summed E-state index contributed by atoms with van der Waals surface area (Å²) in [6, 6.07) is 7.08. The third kappa shape index (κ3) is 5.35. The number of rotatable bonds is 6. The lowest BCUT2D eigenvalue weighted by Crippen LogP contribution is -2.41. The number of alkyl halides is 3. The van der Waals surface area contributed by atoms with Gasteiger partial charge in [0.25, 0.3) is 5.91 Å². The zero-order valence-electron chi connectivity index (χ0n) is 15.9. The summed E-state index contributed by atoms with van der Waals surface area (Å²) in [4.78, 5) is 24.5. The van der Waals surface area contributed by atoms with Crippen LogP contribution in [-0.2, 0) is 4.79 Å². The van der Waals surface area contributed by atoms with Gasteiger partial charge in [-0.15, -0.1) is 0 Å². The largest absolute Gasteiger partial charge is 0.463 e. The van der Waals surface area contributed by atoms with E-state index in [2.05, 4.69) is 36.2 Å². The Morgan fingerprint density at radius 1 is 1.27 bits per heavy atom. The van der Waals surface area contributed by atoms with Gasteiger partial charge in [-0.2, -0.15) is 13.2 Å². The molecule has 0 spiro atoms. The topological polar surface area (TPSA) is 89.0 Å². The fourth-order valence-electron chi connectivity index (χ4n) is 2.70. The quantitative estimate of drug-likeness (QED) is 0.543. The summed E-state index contributed by atoms with van der Waals surface area (Å²) >= 11 is 3.43. The first-order valence-electron chi connectivity index (χ1n) is 8.78. The van der Waals surface area contributed by atoms with Gasteiger partial charge in [0.2, 0.25) is 5.88 Å². The minimum atomic E-state index is -4.51. The summed E-state index contributed by atoms with van der Waals surface area (Å²) < 4.78 is 43.3. The highest BCUT2D eigenvalue weighted by Gasteiger charge is 2.29. The van der Waals surface area contributed by atoms with E-state index in [4.69, 9.17) is 4.74 Å². The molecule has 0 unspecified atom stereocenters. The summed E-state index contributed by atoms with van der Waals surface area (Å²) in [5.74, 6) is -0.358. The number of halogens is 4. The number of aryl methyl sites for hydroxylation is 1. The first kappa shape index (κ1) is 21.8. The van der Waals surface area contributed by atoms with Gasteiger partial charge in [0.05, 0.1) is 5.52 Å². The number of nitrogens with zero attached hydrogens (tertiary/aromatic N) is 3. The van der Waals surface area contributed by atoms with Gasteiger partial charge in [0.15, 0.2) is 6.10 Å². The SMILES string of the molecule is Cc1cc(Br)cc2ncnc(Nc3cccnc3O[C@H](C)C(=O)NCC(F)(F)F)c12. The second-order valence-corrected chi connectivity index (χ2v) is 7.33. The lowest BCUT2D eigenvalue weighted by molar-refractivity contribution is -0.142. The predicted octanol–water partition coefficient (Wildman–Crippen LogP) is 4.29. The number of hydrogen-bond acceptors (Lipinski definition) is 6. The van der Waals surface area contributed by atoms with Gasteiger partial charge >= 0.3 is 6.18 Å². The highest BCUT2D eigenvalue weighted by Crippen LogP contribution is 2.31. The molecule has 11 heteroatoms. The van der Waals surface area contributed by atoms with E-state index in [-0.39, 0.29) is 5.88 Å². The molecule has 2 aromatic heterocycles. The van der Waals surface area contributed by atoms with Gasteiger partial charge < -0.3 is 15.4 Å². The number of fused-ring (bicyclic) bond motifs is 1. The van der Waals surface area contributed by atoms with E-state index in [1.165, 1.54) is 19.4 Å². The van der Waals surface area contributed by atoms with Gasteiger partial charge in [-0.3, -0.25) is 4.79 Å². The Morgan fingerprint density at radius 3 is 2.77 bits per heavy atom. The van der Waals surface area contributed by atoms with E-state index < -0.39 is 24.7 Å². The number of ether oxygens (including phenoxy) is 1. The molecule has 2 N–H and O–H groups in total. The van der Waals surface area contributed by atoms with Crippen molar-refractivity contribution in [2.45, 2.75) is 26.1 Å². The van der Waals surface area contributed by atoms with Gasteiger partial charge in [-0.05, 0) is 43.7 Å². The second kappa shape index (κ2) is 8.82. The smallest absolute Gasteiger partial charge is 0.405 e. The first-order valence-corrected chi connectivity index (χ1v) is 9.57. The van der Waals surface area contributed by atoms with Crippen molar-refractivity contribution in [1.29, 1.82) is 0 Å². The Hall–Kier alpha value is -2.95. The van der Waals surface area contributed by atoms with Crippen LogP contribution in [0.15, 0.2) is 41.3 Å². The molecular formula is C19H17BrF3N5O2. The van der Waals surface area contributed by atoms with Crippen LogP contribution in [0, 0.1) is 6.92 Å². The fourth-order valence-corrected chi connectivity index (χ4v) is 3.26. The number of carbonyl (C=O) groups excluding carboxylic acids is 1. The lowest BCUT2D eigenvalue weighted by atomic mass is 10.1. The molecular weight excluding hydrogens is 467 g/mol. The van der Waals surface area contributed by atoms with Crippen molar-refractivity contribution in [2.75, 3.05) is 11.9 Å². The average Bonchev–Trinajstić information content (AvgIpc) is 2.66. The van der Waals surface area contributed by atoms with E-state index in [1.54, 1.807) is 17.4 Å². The molecule has 0 aliphatic carbocycles. The van der Waals surface area contributed by atoms with Crippen LogP contribution in [0.2, 0.25) is 0 Å². The van der Waals surface area contributed by atoms with Crippen molar-refractivity contribution in [3.05, 3.63) is 46.8 Å². The van der Waals surface area contributed by atoms with Crippen LogP contribution in [0.3, 0.4) is 0 Å². The molecule has 1 atom stereocenters. The maximum absolute atomic E-state index is 12.3. The summed E-state index contributed by atoms with van der Waals surface area (Å²) in [5, 5.41) is 5.68. The number of anilines is 2. The molecule has 0 saturated carbocycles. The first-order chi connectivity index (χ1) is 14.1. The van der Waals surface area contributed by atoms with Crippen molar-refractivity contribution in [3.63, 3.8) is 0 Å². The molecule has 3 aromatic rings. The molecule has 7 nitrogen and oxygen atoms in total. The summed E-state index contributed by atoms with van der Waals surface area (Å²) in [6.07, 6.45) is -2.85. The van der Waals surface area contributed by atoms with E-state index in [0.717, 1.165) is 15.4 Å². The predicted molar refractivity (Wildman–Crippen MR) is 109 cm³/mol. The number of nitrogens with one attached hydrogen (secondary N) is 2. The van der Waals surface area contributed by atoms with Crippen LogP contribution in [0.4, 0.5) is 24.7 Å². The average molecular weight is 484 g/mol. The van der Waals surface area contributed by atoms with Crippen LogP contribution >= 0.6 is 15.9 Å². The van der Waals surface area contributed by atoms with Crippen LogP contribution in [0.1, 0.15) is 12.5 Å². The van der Waals surface area contributed by atoms with Crippen molar-refractivity contribution < 1.29 is 22.7 Å². The van der Waals surface area contributed by atoms with Crippen LogP contribution in [-0.4, -0.2) is 39.7 Å². The summed E-state index contributed by atoms with van der Waals surface area (Å²) in [7, 11) is 0. The van der Waals surface area contributed by atoms with Gasteiger partial charge in [-0.1, -0.05) is 15.9 Å². The Balaban J connectivity index is 1.83. The molecule has 30 heavy (non-hydrogen) atoms. The molecule has 158 valence electrons. The maximum Gasteiger partial charge on any atom is 0.405 e. The molecule has 0 bridgehead atoms. The molecule has 2 heterocycles. The monoisotopic (exact) mass is 483 g/mol. The highest BCUT2D eigenvalue weighted by atomic mass is 79.9. The van der Waals surface area contributed by atoms with Crippen LogP contribution < -0.4 is 15.4 Å². The van der Waals surface area contributed by atoms with Crippen molar-refractivity contribution in [1.82, 2.24) is 20.3 Å². The Morgan fingerprint density at radius 2 is 2.03 bits per heavy atom. The minimum absolute atomic E-state index is 0.0497. The number of aromatic nitrogens is 3. The van der Waals surface area contributed by atoms with Gasteiger partial charge in [0.1, 0.15) is 24.4 Å². The van der Waals surface area contributed by atoms with Crippen molar-refractivity contribution in [3.8, 4) is 5.88 Å². The standard InChI is InChI=1S/C19H17BrF3N5O2/c1-10-6-12(20)7-14-15(10)16(27-9-26-14)28-13-4-3-5-24-18(13)30-11(2)17(29)25-8-19(21,22)23/h3-7,9,11H,8H2,1-2H3,(H,25,29)(H,26,27,28)/t11-/m1/s1. The summed E-state index contributed by atoms with van der Waals surface area (Å²) in [6.45, 7) is 1.82. The molecule has 0 radical (unpaired) electrons. The zero-order valence-corrected chi connectivity index (χ0v) is 17.5. The maximum atomic E-state index is 12.3. The normalized spacial score (nSPS) is 12.5. The molecule has 0 saturated heterocycles. The van der Waals surface area contributed by atoms with E-state index >= 15 is 0 Å². The summed E-state index contributed by atoms with van der Waals surface area (Å²) in [5.41, 5.74) is 2.04. The molecule has 0 aliphatic heterocycles. The molecule has 1 aromatic carbocycles. The Labute approximate surface area is 178 Å². The third-order valence-corrected chi connectivity index (χ3v) is 4.50. The van der Waals surface area contributed by atoms with E-state index in [9.17, 15) is 18.0 Å². The fraction of sp³-hybridized carbons (Fsp3) is 0.263. The number of hydrogen-bond donors (Lipinski definition) is 2. The van der Waals surface area contributed by atoms with Gasteiger partial charge in [0, 0.05) is 16.1 Å². The number of benzene rings is 1. The number of amides is 1. The third-order valence-electron chi connectivity index (χ3n) is 4.04. The minimum Gasteiger partial charge on any atom is -0.463 e. The highest BCUT2D eigenvalue weighted by molar-refractivity contribution is 9.10. The molecule has 0 aliphatic rings. The van der Waals surface area contributed by atoms with E-state index in [1.807, 2.05) is 19.1 Å². The lowest BCUT2D eigenvalue weighted by Gasteiger charge is -2.18. The van der Waals surface area contributed by atoms with Crippen LogP contribution in [0.25, 0.3) is 10.9 Å². The Kier molecular flexibility index (Phi) is 6.40. The van der Waals surface area contributed by atoms with Crippen LogP contribution in [0.5, 0.6) is 5.88 Å². The zero-order chi connectivity index (χ0) is 21.9.